The van der Waals surface area contributed by atoms with Crippen LogP contribution in [0.4, 0.5) is 0 Å². The summed E-state index contributed by atoms with van der Waals surface area (Å²) in [5.74, 6) is 0. The maximum atomic E-state index is 9.35. The third-order valence-corrected chi connectivity index (χ3v) is 2.28. The number of hydrogen-bond donors (Lipinski definition) is 1. The Hall–Kier alpha value is -0.770. The van der Waals surface area contributed by atoms with Gasteiger partial charge in [0.1, 0.15) is 0 Å². The number of epoxide rings is 1. The fourth-order valence-electron chi connectivity index (χ4n) is 1.57. The van der Waals surface area contributed by atoms with Gasteiger partial charge in [0.15, 0.2) is 0 Å². The van der Waals surface area contributed by atoms with Crippen LogP contribution in [0.3, 0.4) is 0 Å². The van der Waals surface area contributed by atoms with Gasteiger partial charge in [-0.05, 0) is 12.0 Å². The van der Waals surface area contributed by atoms with Gasteiger partial charge in [0.2, 0.25) is 0 Å². The molecule has 4 atom stereocenters. The van der Waals surface area contributed by atoms with Crippen LogP contribution in [-0.2, 0) is 4.74 Å². The predicted molar refractivity (Wildman–Crippen MR) is 36.8 cm³/mol. The molecule has 1 aliphatic heterocycles. The molecule has 0 unspecified atom stereocenters. The second-order valence-corrected chi connectivity index (χ2v) is 3.02. The van der Waals surface area contributed by atoms with Crippen molar-refractivity contribution in [3.8, 4) is 0 Å². The van der Waals surface area contributed by atoms with Gasteiger partial charge in [-0.2, -0.15) is 0 Å². The molecule has 2 fully saturated rings. The summed E-state index contributed by atoms with van der Waals surface area (Å²) in [6, 6.07) is -0.274. The molecule has 2 aliphatic rings. The lowest BCUT2D eigenvalue weighted by atomic mass is 9.93. The zero-order valence-corrected chi connectivity index (χ0v) is 5.92. The topological polar surface area (TPSA) is 81.5 Å². The molecule has 0 bridgehead atoms. The van der Waals surface area contributed by atoms with Gasteiger partial charge < -0.3 is 9.84 Å². The molecule has 1 N–H and O–H groups in total. The highest BCUT2D eigenvalue weighted by Gasteiger charge is 2.47. The maximum absolute atomic E-state index is 9.35. The van der Waals surface area contributed by atoms with Gasteiger partial charge in [-0.3, -0.25) is 0 Å². The van der Waals surface area contributed by atoms with Crippen LogP contribution >= 0.6 is 0 Å². The fourth-order valence-corrected chi connectivity index (χ4v) is 1.57. The van der Waals surface area contributed by atoms with Crippen LogP contribution in [0.15, 0.2) is 5.11 Å². The normalized spacial score (nSPS) is 47.4. The van der Waals surface area contributed by atoms with E-state index in [9.17, 15) is 5.11 Å². The highest BCUT2D eigenvalue weighted by Crippen LogP contribution is 2.37. The van der Waals surface area contributed by atoms with Gasteiger partial charge in [0, 0.05) is 11.3 Å². The number of hydrogen-bond acceptors (Lipinski definition) is 3. The first-order chi connectivity index (χ1) is 5.31. The van der Waals surface area contributed by atoms with E-state index in [0.29, 0.717) is 12.8 Å². The maximum Gasteiger partial charge on any atom is 0.0866 e. The van der Waals surface area contributed by atoms with Crippen molar-refractivity contribution in [1.82, 2.24) is 0 Å². The molecule has 11 heavy (non-hydrogen) atoms. The van der Waals surface area contributed by atoms with Crippen molar-refractivity contribution in [2.75, 3.05) is 0 Å². The molecule has 0 spiro atoms. The average Bonchev–Trinajstić information content (AvgIpc) is 2.67. The van der Waals surface area contributed by atoms with Gasteiger partial charge in [0.05, 0.1) is 24.4 Å². The summed E-state index contributed by atoms with van der Waals surface area (Å²) in [6.07, 6.45) is 1.27. The summed E-state index contributed by atoms with van der Waals surface area (Å²) in [5.41, 5.74) is 8.14. The van der Waals surface area contributed by atoms with Gasteiger partial charge in [-0.15, -0.1) is 0 Å². The zero-order valence-electron chi connectivity index (χ0n) is 5.92. The number of azide groups is 1. The van der Waals surface area contributed by atoms with E-state index in [1.165, 1.54) is 0 Å². The molecule has 2 rings (SSSR count). The zero-order chi connectivity index (χ0) is 7.84. The van der Waals surface area contributed by atoms with Crippen molar-refractivity contribution in [3.05, 3.63) is 10.4 Å². The molecule has 5 nitrogen and oxygen atoms in total. The van der Waals surface area contributed by atoms with E-state index in [1.807, 2.05) is 0 Å². The summed E-state index contributed by atoms with van der Waals surface area (Å²) < 4.78 is 5.18. The molecule has 1 saturated heterocycles. The van der Waals surface area contributed by atoms with Crippen LogP contribution in [0.2, 0.25) is 0 Å². The summed E-state index contributed by atoms with van der Waals surface area (Å²) in [4.78, 5) is 2.67. The Kier molecular flexibility index (Phi) is 1.49. The lowest BCUT2D eigenvalue weighted by Gasteiger charge is -2.19. The van der Waals surface area contributed by atoms with Crippen molar-refractivity contribution in [2.24, 2.45) is 5.11 Å². The first-order valence-electron chi connectivity index (χ1n) is 3.69. The Morgan fingerprint density at radius 1 is 1.45 bits per heavy atom. The molecule has 60 valence electrons. The Bertz CT molecular complexity index is 214. The molecule has 0 aromatic rings. The van der Waals surface area contributed by atoms with Crippen molar-refractivity contribution in [2.45, 2.75) is 37.2 Å². The number of ether oxygens (including phenoxy) is 1. The second-order valence-electron chi connectivity index (χ2n) is 3.02. The molecule has 0 radical (unpaired) electrons. The number of nitrogens with zero attached hydrogens (tertiary/aromatic N) is 3. The van der Waals surface area contributed by atoms with E-state index < -0.39 is 6.10 Å². The van der Waals surface area contributed by atoms with E-state index in [4.69, 9.17) is 10.3 Å². The van der Waals surface area contributed by atoms with Crippen molar-refractivity contribution in [3.63, 3.8) is 0 Å². The van der Waals surface area contributed by atoms with Gasteiger partial charge in [-0.1, -0.05) is 5.11 Å². The number of aliphatic hydroxyl groups is 1. The molecule has 0 amide bonds. The number of rotatable bonds is 1. The molecular formula is C6H9N3O2. The third kappa shape index (κ3) is 1.18. The highest BCUT2D eigenvalue weighted by atomic mass is 16.6. The smallest absolute Gasteiger partial charge is 0.0866 e. The van der Waals surface area contributed by atoms with Crippen molar-refractivity contribution < 1.29 is 9.84 Å². The lowest BCUT2D eigenvalue weighted by Crippen LogP contribution is -2.31. The van der Waals surface area contributed by atoms with Gasteiger partial charge in [0.25, 0.3) is 0 Å². The molecule has 0 aromatic heterocycles. The Labute approximate surface area is 63.6 Å². The Balaban J connectivity index is 2.02. The Morgan fingerprint density at radius 3 is 2.91 bits per heavy atom. The minimum Gasteiger partial charge on any atom is -0.393 e. The van der Waals surface area contributed by atoms with Gasteiger partial charge in [-0.25, -0.2) is 0 Å². The van der Waals surface area contributed by atoms with Crippen LogP contribution in [0.25, 0.3) is 10.4 Å². The third-order valence-electron chi connectivity index (χ3n) is 2.28. The molecule has 5 heteroatoms. The Morgan fingerprint density at radius 2 is 2.18 bits per heavy atom. The van der Waals surface area contributed by atoms with E-state index in [-0.39, 0.29) is 18.2 Å². The monoisotopic (exact) mass is 155 g/mol. The van der Waals surface area contributed by atoms with E-state index in [1.54, 1.807) is 0 Å². The lowest BCUT2D eigenvalue weighted by molar-refractivity contribution is 0.118. The average molecular weight is 155 g/mol. The minimum absolute atomic E-state index is 0.232. The number of fused-ring (bicyclic) bond motifs is 1. The molecular weight excluding hydrogens is 146 g/mol. The van der Waals surface area contributed by atoms with E-state index in [0.717, 1.165) is 0 Å². The summed E-state index contributed by atoms with van der Waals surface area (Å²) in [6.45, 7) is 0. The van der Waals surface area contributed by atoms with Gasteiger partial charge >= 0.3 is 0 Å². The second kappa shape index (κ2) is 2.37. The van der Waals surface area contributed by atoms with Crippen molar-refractivity contribution in [1.29, 1.82) is 0 Å². The summed E-state index contributed by atoms with van der Waals surface area (Å²) in [5, 5.41) is 12.8. The predicted octanol–water partition coefficient (Wildman–Crippen LogP) is 0.587. The first-order valence-corrected chi connectivity index (χ1v) is 3.69. The van der Waals surface area contributed by atoms with E-state index in [2.05, 4.69) is 10.0 Å². The van der Waals surface area contributed by atoms with Crippen molar-refractivity contribution >= 4 is 0 Å². The molecule has 0 aromatic carbocycles. The van der Waals surface area contributed by atoms with Crippen LogP contribution in [0.1, 0.15) is 12.8 Å². The largest absolute Gasteiger partial charge is 0.393 e. The van der Waals surface area contributed by atoms with Crippen LogP contribution < -0.4 is 0 Å². The van der Waals surface area contributed by atoms with Crippen LogP contribution in [0.5, 0.6) is 0 Å². The van der Waals surface area contributed by atoms with Crippen LogP contribution in [-0.4, -0.2) is 29.5 Å². The SMILES string of the molecule is [N-]=[N+]=N[C@@H]1C[C@H]2O[C@H]2C[C@H]1O. The minimum atomic E-state index is -0.505. The van der Waals surface area contributed by atoms with E-state index >= 15 is 0 Å². The molecule has 1 aliphatic carbocycles. The highest BCUT2D eigenvalue weighted by molar-refractivity contribution is 4.99. The molecule has 1 saturated carbocycles. The summed E-state index contributed by atoms with van der Waals surface area (Å²) >= 11 is 0. The number of aliphatic hydroxyl groups excluding tert-OH is 1. The fraction of sp³-hybridized carbons (Fsp3) is 1.00. The quantitative estimate of drug-likeness (QED) is 0.260. The molecule has 1 heterocycles. The standard InChI is InChI=1S/C6H9N3O2/c7-9-8-3-1-5-6(11-5)2-4(3)10/h3-6,10H,1-2H2/t3-,4-,5-,6+/m1/s1. The van der Waals surface area contributed by atoms with Crippen LogP contribution in [0, 0.1) is 0 Å². The first kappa shape index (κ1) is 6.91. The summed E-state index contributed by atoms with van der Waals surface area (Å²) in [7, 11) is 0.